The molecule has 0 radical (unpaired) electrons. The molecule has 0 spiro atoms. The molecule has 1 aliphatic rings. The Hall–Kier alpha value is 0. The van der Waals surface area contributed by atoms with Crippen LogP contribution in [0.2, 0.25) is 0 Å². The fourth-order valence-corrected chi connectivity index (χ4v) is 2.43. The van der Waals surface area contributed by atoms with Crippen LogP contribution in [0.4, 0.5) is 0 Å². The van der Waals surface area contributed by atoms with Gasteiger partial charge in [0.25, 0.3) is 0 Å². The molecular weight excluding hydrogens is 168 g/mol. The van der Waals surface area contributed by atoms with Crippen LogP contribution in [-0.4, -0.2) is 0 Å². The predicted molar refractivity (Wildman–Crippen MR) is 64.4 cm³/mol. The van der Waals surface area contributed by atoms with E-state index >= 15 is 0 Å². The Labute approximate surface area is 90.5 Å². The Bertz CT molecular complexity index is 135. The van der Waals surface area contributed by atoms with Gasteiger partial charge in [-0.3, -0.25) is 0 Å². The molecule has 1 fully saturated rings. The van der Waals surface area contributed by atoms with Gasteiger partial charge in [-0.25, -0.2) is 0 Å². The molecule has 1 unspecified atom stereocenters. The van der Waals surface area contributed by atoms with Crippen molar-refractivity contribution in [2.45, 2.75) is 72.1 Å². The summed E-state index contributed by atoms with van der Waals surface area (Å²) in [6, 6.07) is 0. The maximum absolute atomic E-state index is 2.45. The highest BCUT2D eigenvalue weighted by Crippen LogP contribution is 2.33. The second-order valence-electron chi connectivity index (χ2n) is 5.58. The van der Waals surface area contributed by atoms with Crippen LogP contribution in [0.15, 0.2) is 0 Å². The van der Waals surface area contributed by atoms with Crippen LogP contribution >= 0.6 is 0 Å². The molecule has 0 heterocycles. The summed E-state index contributed by atoms with van der Waals surface area (Å²) < 4.78 is 0. The number of hydrogen-bond donors (Lipinski definition) is 0. The lowest BCUT2D eigenvalue weighted by atomic mass is 9.78. The van der Waals surface area contributed by atoms with Gasteiger partial charge in [0, 0.05) is 0 Å². The molecule has 1 aliphatic carbocycles. The van der Waals surface area contributed by atoms with E-state index in [0.717, 1.165) is 17.8 Å². The van der Waals surface area contributed by atoms with Crippen molar-refractivity contribution >= 4 is 0 Å². The molecule has 0 aromatic heterocycles. The molecule has 0 bridgehead atoms. The van der Waals surface area contributed by atoms with E-state index in [1.54, 1.807) is 0 Å². The molecule has 2 atom stereocenters. The molecule has 1 rings (SSSR count). The van der Waals surface area contributed by atoms with Gasteiger partial charge in [0.1, 0.15) is 0 Å². The number of rotatable bonds is 7. The first kappa shape index (κ1) is 12.1. The SMILES string of the molecule is CC[C@@H](C)CCCC(C)CC1CCC1. The van der Waals surface area contributed by atoms with E-state index in [0.29, 0.717) is 0 Å². The monoisotopic (exact) mass is 196 g/mol. The molecule has 0 N–H and O–H groups in total. The smallest absolute Gasteiger partial charge is 0.0412 e. The Balaban J connectivity index is 1.94. The summed E-state index contributed by atoms with van der Waals surface area (Å²) in [7, 11) is 0. The van der Waals surface area contributed by atoms with E-state index in [9.17, 15) is 0 Å². The zero-order chi connectivity index (χ0) is 10.4. The van der Waals surface area contributed by atoms with Crippen LogP contribution in [0.3, 0.4) is 0 Å². The van der Waals surface area contributed by atoms with E-state index in [4.69, 9.17) is 0 Å². The minimum Gasteiger partial charge on any atom is -0.0651 e. The van der Waals surface area contributed by atoms with Crippen molar-refractivity contribution in [3.8, 4) is 0 Å². The Morgan fingerprint density at radius 3 is 2.21 bits per heavy atom. The van der Waals surface area contributed by atoms with Crippen LogP contribution in [0.5, 0.6) is 0 Å². The maximum Gasteiger partial charge on any atom is -0.0412 e. The van der Waals surface area contributed by atoms with Crippen molar-refractivity contribution in [3.63, 3.8) is 0 Å². The zero-order valence-corrected chi connectivity index (χ0v) is 10.4. The maximum atomic E-state index is 2.45. The first-order chi connectivity index (χ1) is 6.72. The van der Waals surface area contributed by atoms with Crippen LogP contribution in [0.1, 0.15) is 72.1 Å². The summed E-state index contributed by atoms with van der Waals surface area (Å²) in [6.45, 7) is 7.15. The second kappa shape index (κ2) is 6.48. The van der Waals surface area contributed by atoms with Gasteiger partial charge in [-0.2, -0.15) is 0 Å². The number of hydrogen-bond acceptors (Lipinski definition) is 0. The summed E-state index contributed by atoms with van der Waals surface area (Å²) in [5.41, 5.74) is 0. The fourth-order valence-electron chi connectivity index (χ4n) is 2.43. The third kappa shape index (κ3) is 4.48. The lowest BCUT2D eigenvalue weighted by molar-refractivity contribution is 0.246. The van der Waals surface area contributed by atoms with Crippen molar-refractivity contribution in [1.29, 1.82) is 0 Å². The van der Waals surface area contributed by atoms with Crippen LogP contribution in [0, 0.1) is 17.8 Å². The van der Waals surface area contributed by atoms with Gasteiger partial charge < -0.3 is 0 Å². The normalized spacial score (nSPS) is 21.6. The average molecular weight is 196 g/mol. The Morgan fingerprint density at radius 2 is 1.71 bits per heavy atom. The molecule has 0 aliphatic heterocycles. The van der Waals surface area contributed by atoms with E-state index in [2.05, 4.69) is 20.8 Å². The third-order valence-corrected chi connectivity index (χ3v) is 4.05. The highest BCUT2D eigenvalue weighted by molar-refractivity contribution is 4.72. The van der Waals surface area contributed by atoms with Gasteiger partial charge in [0.2, 0.25) is 0 Å². The Morgan fingerprint density at radius 1 is 1.07 bits per heavy atom. The lowest BCUT2D eigenvalue weighted by Crippen LogP contribution is -2.14. The fraction of sp³-hybridized carbons (Fsp3) is 1.00. The minimum atomic E-state index is 0.950. The third-order valence-electron chi connectivity index (χ3n) is 4.05. The molecule has 0 aromatic rings. The van der Waals surface area contributed by atoms with Gasteiger partial charge in [0.05, 0.1) is 0 Å². The highest BCUT2D eigenvalue weighted by atomic mass is 14.2. The largest absolute Gasteiger partial charge is 0.0651 e. The molecule has 84 valence electrons. The molecule has 0 amide bonds. The lowest BCUT2D eigenvalue weighted by Gasteiger charge is -2.28. The first-order valence-corrected chi connectivity index (χ1v) is 6.72. The first-order valence-electron chi connectivity index (χ1n) is 6.72. The van der Waals surface area contributed by atoms with Gasteiger partial charge in [-0.1, -0.05) is 65.7 Å². The van der Waals surface area contributed by atoms with E-state index in [1.807, 2.05) is 0 Å². The topological polar surface area (TPSA) is 0 Å². The highest BCUT2D eigenvalue weighted by Gasteiger charge is 2.19. The van der Waals surface area contributed by atoms with Crippen molar-refractivity contribution in [2.24, 2.45) is 17.8 Å². The summed E-state index contributed by atoms with van der Waals surface area (Å²) in [4.78, 5) is 0. The standard InChI is InChI=1S/C14H28/c1-4-12(2)7-5-8-13(3)11-14-9-6-10-14/h12-14H,4-11H2,1-3H3/t12-,13?/m1/s1. The van der Waals surface area contributed by atoms with Crippen molar-refractivity contribution in [2.75, 3.05) is 0 Å². The van der Waals surface area contributed by atoms with E-state index in [-0.39, 0.29) is 0 Å². The predicted octanol–water partition coefficient (Wildman–Crippen LogP) is 5.03. The molecule has 1 saturated carbocycles. The molecule has 14 heavy (non-hydrogen) atoms. The van der Waals surface area contributed by atoms with Crippen LogP contribution in [-0.2, 0) is 0 Å². The molecule has 0 aromatic carbocycles. The van der Waals surface area contributed by atoms with Crippen molar-refractivity contribution in [1.82, 2.24) is 0 Å². The van der Waals surface area contributed by atoms with E-state index < -0.39 is 0 Å². The molecule has 0 saturated heterocycles. The summed E-state index contributed by atoms with van der Waals surface area (Å²) in [5.74, 6) is 3.05. The average Bonchev–Trinajstić information content (AvgIpc) is 2.11. The van der Waals surface area contributed by atoms with Gasteiger partial charge in [-0.15, -0.1) is 0 Å². The molecule has 0 nitrogen and oxygen atoms in total. The van der Waals surface area contributed by atoms with Gasteiger partial charge in [-0.05, 0) is 24.2 Å². The van der Waals surface area contributed by atoms with Gasteiger partial charge >= 0.3 is 0 Å². The van der Waals surface area contributed by atoms with Crippen LogP contribution < -0.4 is 0 Å². The molecular formula is C14H28. The minimum absolute atomic E-state index is 0.950. The second-order valence-corrected chi connectivity index (χ2v) is 5.58. The van der Waals surface area contributed by atoms with Crippen molar-refractivity contribution in [3.05, 3.63) is 0 Å². The quantitative estimate of drug-likeness (QED) is 0.536. The summed E-state index contributed by atoms with van der Waals surface area (Å²) >= 11 is 0. The van der Waals surface area contributed by atoms with Crippen LogP contribution in [0.25, 0.3) is 0 Å². The van der Waals surface area contributed by atoms with E-state index in [1.165, 1.54) is 51.4 Å². The van der Waals surface area contributed by atoms with Gasteiger partial charge in [0.15, 0.2) is 0 Å². The zero-order valence-electron chi connectivity index (χ0n) is 10.4. The summed E-state index contributed by atoms with van der Waals surface area (Å²) in [5, 5.41) is 0. The molecule has 0 heteroatoms. The Kier molecular flexibility index (Phi) is 5.59. The summed E-state index contributed by atoms with van der Waals surface area (Å²) in [6.07, 6.45) is 11.8. The van der Waals surface area contributed by atoms with Crippen molar-refractivity contribution < 1.29 is 0 Å².